The van der Waals surface area contributed by atoms with E-state index >= 15 is 0 Å². The molecule has 1 saturated heterocycles. The highest BCUT2D eigenvalue weighted by atomic mass is 79.9. The Labute approximate surface area is 124 Å². The molecule has 4 heteroatoms. The predicted octanol–water partition coefficient (Wildman–Crippen LogP) is 2.69. The van der Waals surface area contributed by atoms with Gasteiger partial charge in [-0.15, -0.1) is 0 Å². The number of ether oxygens (including phenoxy) is 1. The quantitative estimate of drug-likeness (QED) is 0.846. The van der Waals surface area contributed by atoms with Crippen molar-refractivity contribution in [3.8, 4) is 5.75 Å². The van der Waals surface area contributed by atoms with Crippen LogP contribution in [-0.4, -0.2) is 56.2 Å². The molecular weight excluding hydrogens is 304 g/mol. The van der Waals surface area contributed by atoms with Gasteiger partial charge in [-0.25, -0.2) is 0 Å². The second kappa shape index (κ2) is 6.73. The molecule has 2 rings (SSSR count). The summed E-state index contributed by atoms with van der Waals surface area (Å²) >= 11 is 3.58. The molecule has 1 aromatic rings. The van der Waals surface area contributed by atoms with Crippen molar-refractivity contribution < 1.29 is 4.74 Å². The maximum absolute atomic E-state index is 5.88. The molecule has 0 saturated carbocycles. The molecule has 1 heterocycles. The van der Waals surface area contributed by atoms with Gasteiger partial charge in [-0.3, -0.25) is 4.90 Å². The van der Waals surface area contributed by atoms with E-state index in [9.17, 15) is 0 Å². The third kappa shape index (κ3) is 4.20. The summed E-state index contributed by atoms with van der Waals surface area (Å²) in [7, 11) is 2.18. The van der Waals surface area contributed by atoms with E-state index < -0.39 is 0 Å². The van der Waals surface area contributed by atoms with E-state index in [0.29, 0.717) is 0 Å². The number of aryl methyl sites for hydroxylation is 2. The van der Waals surface area contributed by atoms with Gasteiger partial charge in [0.05, 0.1) is 0 Å². The van der Waals surface area contributed by atoms with Crippen molar-refractivity contribution in [3.63, 3.8) is 0 Å². The molecule has 0 spiro atoms. The van der Waals surface area contributed by atoms with Gasteiger partial charge in [0.1, 0.15) is 12.4 Å². The average Bonchev–Trinajstić information content (AvgIpc) is 2.38. The van der Waals surface area contributed by atoms with Crippen molar-refractivity contribution >= 4 is 15.9 Å². The molecule has 0 amide bonds. The third-order valence-electron chi connectivity index (χ3n) is 3.68. The summed E-state index contributed by atoms with van der Waals surface area (Å²) in [5, 5.41) is 0. The standard InChI is InChI=1S/C15H23BrN2O/c1-12-10-14(11-13(2)15(12)16)19-9-8-18-6-4-17(3)5-7-18/h10-11H,4-9H2,1-3H3. The summed E-state index contributed by atoms with van der Waals surface area (Å²) in [5.41, 5.74) is 2.46. The maximum Gasteiger partial charge on any atom is 0.119 e. The number of rotatable bonds is 4. The number of likely N-dealkylation sites (N-methyl/N-ethyl adjacent to an activating group) is 1. The van der Waals surface area contributed by atoms with Gasteiger partial charge in [0.2, 0.25) is 0 Å². The van der Waals surface area contributed by atoms with Crippen LogP contribution < -0.4 is 4.74 Å². The Morgan fingerprint density at radius 1 is 1.11 bits per heavy atom. The van der Waals surface area contributed by atoms with E-state index in [1.807, 2.05) is 0 Å². The molecule has 0 atom stereocenters. The lowest BCUT2D eigenvalue weighted by Gasteiger charge is -2.32. The van der Waals surface area contributed by atoms with Crippen molar-refractivity contribution in [2.75, 3.05) is 46.4 Å². The van der Waals surface area contributed by atoms with E-state index in [4.69, 9.17) is 4.74 Å². The molecule has 0 unspecified atom stereocenters. The highest BCUT2D eigenvalue weighted by Crippen LogP contribution is 2.26. The first-order valence-corrected chi connectivity index (χ1v) is 7.66. The summed E-state index contributed by atoms with van der Waals surface area (Å²) in [5.74, 6) is 0.979. The van der Waals surface area contributed by atoms with Crippen LogP contribution in [0.2, 0.25) is 0 Å². The van der Waals surface area contributed by atoms with E-state index in [2.05, 4.69) is 58.8 Å². The minimum absolute atomic E-state index is 0.768. The van der Waals surface area contributed by atoms with Crippen molar-refractivity contribution in [1.29, 1.82) is 0 Å². The van der Waals surface area contributed by atoms with Gasteiger partial charge in [0.25, 0.3) is 0 Å². The first kappa shape index (κ1) is 14.8. The first-order chi connectivity index (χ1) is 9.06. The van der Waals surface area contributed by atoms with Crippen molar-refractivity contribution in [2.45, 2.75) is 13.8 Å². The number of halogens is 1. The number of hydrogen-bond donors (Lipinski definition) is 0. The smallest absolute Gasteiger partial charge is 0.119 e. The maximum atomic E-state index is 5.88. The summed E-state index contributed by atoms with van der Waals surface area (Å²) in [4.78, 5) is 4.84. The van der Waals surface area contributed by atoms with Gasteiger partial charge in [0, 0.05) is 37.2 Å². The van der Waals surface area contributed by atoms with Gasteiger partial charge < -0.3 is 9.64 Å². The van der Waals surface area contributed by atoms with Crippen molar-refractivity contribution in [1.82, 2.24) is 9.80 Å². The highest BCUT2D eigenvalue weighted by molar-refractivity contribution is 9.10. The molecule has 19 heavy (non-hydrogen) atoms. The molecule has 1 aromatic carbocycles. The van der Waals surface area contributed by atoms with Crippen LogP contribution in [0.5, 0.6) is 5.75 Å². The molecule has 1 fully saturated rings. The van der Waals surface area contributed by atoms with Crippen LogP contribution in [0.3, 0.4) is 0 Å². The van der Waals surface area contributed by atoms with Crippen LogP contribution in [0, 0.1) is 13.8 Å². The predicted molar refractivity (Wildman–Crippen MR) is 83.0 cm³/mol. The van der Waals surface area contributed by atoms with Gasteiger partial charge in [-0.2, -0.15) is 0 Å². The average molecular weight is 327 g/mol. The molecule has 1 aliphatic rings. The second-order valence-electron chi connectivity index (χ2n) is 5.36. The fraction of sp³-hybridized carbons (Fsp3) is 0.600. The van der Waals surface area contributed by atoms with Gasteiger partial charge in [-0.05, 0) is 44.2 Å². The number of piperazine rings is 1. The summed E-state index contributed by atoms with van der Waals surface area (Å²) in [6.45, 7) is 10.6. The Morgan fingerprint density at radius 3 is 2.26 bits per heavy atom. The van der Waals surface area contributed by atoms with E-state index in [-0.39, 0.29) is 0 Å². The van der Waals surface area contributed by atoms with E-state index in [1.165, 1.54) is 15.6 Å². The van der Waals surface area contributed by atoms with Gasteiger partial charge in [-0.1, -0.05) is 15.9 Å². The lowest BCUT2D eigenvalue weighted by atomic mass is 10.1. The zero-order valence-electron chi connectivity index (χ0n) is 12.1. The normalized spacial score (nSPS) is 17.7. The summed E-state index contributed by atoms with van der Waals surface area (Å²) < 4.78 is 7.06. The van der Waals surface area contributed by atoms with Crippen molar-refractivity contribution in [2.24, 2.45) is 0 Å². The van der Waals surface area contributed by atoms with E-state index in [0.717, 1.165) is 45.1 Å². The third-order valence-corrected chi connectivity index (χ3v) is 4.93. The molecule has 0 aromatic heterocycles. The van der Waals surface area contributed by atoms with Crippen LogP contribution in [0.15, 0.2) is 16.6 Å². The molecule has 0 aliphatic carbocycles. The van der Waals surface area contributed by atoms with Gasteiger partial charge >= 0.3 is 0 Å². The fourth-order valence-corrected chi connectivity index (χ4v) is 2.58. The summed E-state index contributed by atoms with van der Waals surface area (Å²) in [6.07, 6.45) is 0. The Kier molecular flexibility index (Phi) is 5.25. The minimum Gasteiger partial charge on any atom is -0.492 e. The molecule has 106 valence electrons. The molecule has 0 bridgehead atoms. The van der Waals surface area contributed by atoms with Crippen LogP contribution >= 0.6 is 15.9 Å². The topological polar surface area (TPSA) is 15.7 Å². The minimum atomic E-state index is 0.768. The van der Waals surface area contributed by atoms with E-state index in [1.54, 1.807) is 0 Å². The number of nitrogens with zero attached hydrogens (tertiary/aromatic N) is 2. The Hall–Kier alpha value is -0.580. The first-order valence-electron chi connectivity index (χ1n) is 6.86. The fourth-order valence-electron chi connectivity index (χ4n) is 2.35. The lowest BCUT2D eigenvalue weighted by molar-refractivity contribution is 0.133. The Morgan fingerprint density at radius 2 is 1.68 bits per heavy atom. The number of hydrogen-bond acceptors (Lipinski definition) is 3. The highest BCUT2D eigenvalue weighted by Gasteiger charge is 2.13. The largest absolute Gasteiger partial charge is 0.492 e. The Balaban J connectivity index is 1.79. The number of benzene rings is 1. The Bertz CT molecular complexity index is 405. The monoisotopic (exact) mass is 326 g/mol. The van der Waals surface area contributed by atoms with Gasteiger partial charge in [0.15, 0.2) is 0 Å². The van der Waals surface area contributed by atoms with Crippen LogP contribution in [0.4, 0.5) is 0 Å². The van der Waals surface area contributed by atoms with Crippen LogP contribution in [-0.2, 0) is 0 Å². The molecule has 1 aliphatic heterocycles. The molecule has 0 radical (unpaired) electrons. The lowest BCUT2D eigenvalue weighted by Crippen LogP contribution is -2.45. The van der Waals surface area contributed by atoms with Crippen LogP contribution in [0.25, 0.3) is 0 Å². The summed E-state index contributed by atoms with van der Waals surface area (Å²) in [6, 6.07) is 4.20. The van der Waals surface area contributed by atoms with Crippen LogP contribution in [0.1, 0.15) is 11.1 Å². The van der Waals surface area contributed by atoms with Crippen molar-refractivity contribution in [3.05, 3.63) is 27.7 Å². The molecule has 3 nitrogen and oxygen atoms in total. The zero-order chi connectivity index (χ0) is 13.8. The zero-order valence-corrected chi connectivity index (χ0v) is 13.7. The molecular formula is C15H23BrN2O. The SMILES string of the molecule is Cc1cc(OCCN2CCN(C)CC2)cc(C)c1Br. The second-order valence-corrected chi connectivity index (χ2v) is 6.16. The molecule has 0 N–H and O–H groups in total.